The minimum Gasteiger partial charge on any atom is -0.507 e. The van der Waals surface area contributed by atoms with E-state index in [1.54, 1.807) is 12.3 Å². The van der Waals surface area contributed by atoms with Gasteiger partial charge in [0.25, 0.3) is 0 Å². The molecule has 5 nitrogen and oxygen atoms in total. The zero-order valence-corrected chi connectivity index (χ0v) is 15.4. The van der Waals surface area contributed by atoms with Crippen LogP contribution in [0.3, 0.4) is 0 Å². The number of ether oxygens (including phenoxy) is 1. The molecular formula is C21H23N3O2. The molecule has 1 saturated heterocycles. The molecule has 2 aromatic heterocycles. The van der Waals surface area contributed by atoms with Crippen molar-refractivity contribution >= 4 is 10.8 Å². The fourth-order valence-corrected chi connectivity index (χ4v) is 3.80. The van der Waals surface area contributed by atoms with Crippen LogP contribution in [0.5, 0.6) is 5.75 Å². The Morgan fingerprint density at radius 3 is 2.77 bits per heavy atom. The third kappa shape index (κ3) is 3.15. The van der Waals surface area contributed by atoms with Crippen molar-refractivity contribution in [3.63, 3.8) is 0 Å². The minimum atomic E-state index is -0.0697. The summed E-state index contributed by atoms with van der Waals surface area (Å²) in [5.74, 6) is 0.650. The summed E-state index contributed by atoms with van der Waals surface area (Å²) in [7, 11) is 0. The molecule has 0 spiro atoms. The topological polar surface area (TPSA) is 68.1 Å². The normalized spacial score (nSPS) is 19.1. The first-order valence-electron chi connectivity index (χ1n) is 8.96. The van der Waals surface area contributed by atoms with Gasteiger partial charge in [0.1, 0.15) is 11.4 Å². The standard InChI is InChI=1S/C21H23N3O2/c1-13-4-5-16(19(25)8-13)20-15-6-7-22-11-17(15)18(23-24-20)9-14-10-21(2,3)26-12-14/h4-8,11,14,25H,9-10,12H2,1-3H3/t14-/m1/s1. The van der Waals surface area contributed by atoms with E-state index < -0.39 is 0 Å². The van der Waals surface area contributed by atoms with Gasteiger partial charge in [-0.1, -0.05) is 6.07 Å². The van der Waals surface area contributed by atoms with Crippen LogP contribution in [0.25, 0.3) is 22.0 Å². The quantitative estimate of drug-likeness (QED) is 0.772. The van der Waals surface area contributed by atoms with Crippen molar-refractivity contribution in [2.45, 2.75) is 39.2 Å². The van der Waals surface area contributed by atoms with Crippen LogP contribution in [-0.4, -0.2) is 32.5 Å². The molecule has 5 heteroatoms. The molecule has 1 aliphatic rings. The summed E-state index contributed by atoms with van der Waals surface area (Å²) in [6.45, 7) is 6.95. The number of hydrogen-bond donors (Lipinski definition) is 1. The fourth-order valence-electron chi connectivity index (χ4n) is 3.80. The Balaban J connectivity index is 1.76. The lowest BCUT2D eigenvalue weighted by Gasteiger charge is -2.16. The van der Waals surface area contributed by atoms with Crippen LogP contribution in [0.4, 0.5) is 0 Å². The van der Waals surface area contributed by atoms with Crippen LogP contribution in [0.15, 0.2) is 36.7 Å². The number of aryl methyl sites for hydroxylation is 1. The molecule has 3 heterocycles. The summed E-state index contributed by atoms with van der Waals surface area (Å²) in [6.07, 6.45) is 5.43. The molecule has 1 fully saturated rings. The molecule has 1 N–H and O–H groups in total. The Morgan fingerprint density at radius 1 is 1.19 bits per heavy atom. The summed E-state index contributed by atoms with van der Waals surface area (Å²) in [5, 5.41) is 21.3. The van der Waals surface area contributed by atoms with Crippen LogP contribution in [0.1, 0.15) is 31.5 Å². The lowest BCUT2D eigenvalue weighted by molar-refractivity contribution is 0.0350. The zero-order valence-electron chi connectivity index (χ0n) is 15.4. The predicted molar refractivity (Wildman–Crippen MR) is 101 cm³/mol. The zero-order chi connectivity index (χ0) is 18.3. The molecule has 0 unspecified atom stereocenters. The molecule has 0 saturated carbocycles. The van der Waals surface area contributed by atoms with Crippen LogP contribution in [-0.2, 0) is 11.2 Å². The molecule has 0 bridgehead atoms. The van der Waals surface area contributed by atoms with Crippen LogP contribution in [0, 0.1) is 12.8 Å². The van der Waals surface area contributed by atoms with Crippen molar-refractivity contribution in [3.8, 4) is 17.0 Å². The summed E-state index contributed by atoms with van der Waals surface area (Å²) in [5.41, 5.74) is 3.25. The monoisotopic (exact) mass is 349 g/mol. The molecule has 0 aliphatic carbocycles. The van der Waals surface area contributed by atoms with Crippen molar-refractivity contribution in [1.82, 2.24) is 15.2 Å². The molecule has 1 aliphatic heterocycles. The van der Waals surface area contributed by atoms with E-state index in [1.807, 2.05) is 31.3 Å². The molecule has 26 heavy (non-hydrogen) atoms. The maximum Gasteiger partial charge on any atom is 0.125 e. The number of phenolic OH excluding ortho intramolecular Hbond substituents is 1. The Morgan fingerprint density at radius 2 is 2.04 bits per heavy atom. The number of rotatable bonds is 3. The van der Waals surface area contributed by atoms with Gasteiger partial charge in [0.05, 0.1) is 17.9 Å². The van der Waals surface area contributed by atoms with E-state index in [-0.39, 0.29) is 11.4 Å². The van der Waals surface area contributed by atoms with E-state index in [0.717, 1.165) is 41.5 Å². The number of aromatic hydroxyl groups is 1. The van der Waals surface area contributed by atoms with Crippen molar-refractivity contribution in [2.24, 2.45) is 5.92 Å². The highest BCUT2D eigenvalue weighted by molar-refractivity contribution is 5.96. The third-order valence-electron chi connectivity index (χ3n) is 5.04. The fraction of sp³-hybridized carbons (Fsp3) is 0.381. The highest BCUT2D eigenvalue weighted by Gasteiger charge is 2.32. The summed E-state index contributed by atoms with van der Waals surface area (Å²) in [6, 6.07) is 7.55. The van der Waals surface area contributed by atoms with Gasteiger partial charge >= 0.3 is 0 Å². The molecular weight excluding hydrogens is 326 g/mol. The number of benzene rings is 1. The van der Waals surface area contributed by atoms with E-state index in [2.05, 4.69) is 29.0 Å². The summed E-state index contributed by atoms with van der Waals surface area (Å²) >= 11 is 0. The Hall–Kier alpha value is -2.53. The van der Waals surface area contributed by atoms with Gasteiger partial charge in [-0.25, -0.2) is 0 Å². The van der Waals surface area contributed by atoms with Crippen LogP contribution >= 0.6 is 0 Å². The molecule has 0 amide bonds. The minimum absolute atomic E-state index is 0.0697. The molecule has 134 valence electrons. The van der Waals surface area contributed by atoms with Crippen molar-refractivity contribution in [2.75, 3.05) is 6.61 Å². The maximum absolute atomic E-state index is 10.4. The van der Waals surface area contributed by atoms with Crippen molar-refractivity contribution in [1.29, 1.82) is 0 Å². The van der Waals surface area contributed by atoms with Gasteiger partial charge in [-0.15, -0.1) is 5.10 Å². The first-order valence-corrected chi connectivity index (χ1v) is 8.96. The van der Waals surface area contributed by atoms with Gasteiger partial charge in [0.2, 0.25) is 0 Å². The number of hydrogen-bond acceptors (Lipinski definition) is 5. The average Bonchev–Trinajstić information content (AvgIpc) is 2.94. The van der Waals surface area contributed by atoms with Crippen LogP contribution in [0.2, 0.25) is 0 Å². The van der Waals surface area contributed by atoms with Gasteiger partial charge in [-0.3, -0.25) is 4.98 Å². The van der Waals surface area contributed by atoms with Crippen molar-refractivity contribution < 1.29 is 9.84 Å². The molecule has 1 atom stereocenters. The number of fused-ring (bicyclic) bond motifs is 1. The van der Waals surface area contributed by atoms with E-state index in [0.29, 0.717) is 17.2 Å². The van der Waals surface area contributed by atoms with Gasteiger partial charge in [-0.2, -0.15) is 5.10 Å². The first kappa shape index (κ1) is 16.9. The van der Waals surface area contributed by atoms with Gasteiger partial charge in [0.15, 0.2) is 0 Å². The van der Waals surface area contributed by atoms with E-state index >= 15 is 0 Å². The lowest BCUT2D eigenvalue weighted by Crippen LogP contribution is -2.17. The van der Waals surface area contributed by atoms with E-state index in [1.165, 1.54) is 0 Å². The largest absolute Gasteiger partial charge is 0.507 e. The average molecular weight is 349 g/mol. The number of pyridine rings is 1. The molecule has 1 aromatic carbocycles. The second-order valence-corrected chi connectivity index (χ2v) is 7.78. The molecule has 3 aromatic rings. The summed E-state index contributed by atoms with van der Waals surface area (Å²) in [4.78, 5) is 4.29. The first-order chi connectivity index (χ1) is 12.4. The smallest absolute Gasteiger partial charge is 0.125 e. The SMILES string of the molecule is Cc1ccc(-c2nnc(C[C@H]3COC(C)(C)C3)c3cnccc23)c(O)c1. The molecule has 4 rings (SSSR count). The lowest BCUT2D eigenvalue weighted by atomic mass is 9.92. The van der Waals surface area contributed by atoms with Gasteiger partial charge < -0.3 is 9.84 Å². The number of nitrogens with zero attached hydrogens (tertiary/aromatic N) is 3. The van der Waals surface area contributed by atoms with Gasteiger partial charge in [0, 0.05) is 28.7 Å². The summed E-state index contributed by atoms with van der Waals surface area (Å²) < 4.78 is 5.86. The van der Waals surface area contributed by atoms with E-state index in [9.17, 15) is 5.11 Å². The Bertz CT molecular complexity index is 969. The Kier molecular flexibility index (Phi) is 4.11. The Labute approximate surface area is 153 Å². The number of phenols is 1. The maximum atomic E-state index is 10.4. The van der Waals surface area contributed by atoms with Crippen molar-refractivity contribution in [3.05, 3.63) is 47.9 Å². The second-order valence-electron chi connectivity index (χ2n) is 7.78. The predicted octanol–water partition coefficient (Wildman–Crippen LogP) is 4.06. The third-order valence-corrected chi connectivity index (χ3v) is 5.04. The van der Waals surface area contributed by atoms with E-state index in [4.69, 9.17) is 4.74 Å². The highest BCUT2D eigenvalue weighted by atomic mass is 16.5. The van der Waals surface area contributed by atoms with Gasteiger partial charge in [-0.05, 0) is 63.3 Å². The number of aromatic nitrogens is 3. The second kappa shape index (κ2) is 6.32. The molecule has 0 radical (unpaired) electrons. The highest BCUT2D eigenvalue weighted by Crippen LogP contribution is 2.36. The van der Waals surface area contributed by atoms with Crippen LogP contribution < -0.4 is 0 Å².